The Morgan fingerprint density at radius 2 is 2.10 bits per heavy atom. The number of hydrogen-bond donors (Lipinski definition) is 1. The lowest BCUT2D eigenvalue weighted by atomic mass is 10.2. The van der Waals surface area contributed by atoms with Crippen LogP contribution in [0.15, 0.2) is 24.3 Å². The molecule has 21 heavy (non-hydrogen) atoms. The zero-order chi connectivity index (χ0) is 15.3. The van der Waals surface area contributed by atoms with Gasteiger partial charge < -0.3 is 9.64 Å². The summed E-state index contributed by atoms with van der Waals surface area (Å²) in [6.07, 6.45) is 0. The molecule has 8 heteroatoms. The normalized spacial score (nSPS) is 16.2. The van der Waals surface area contributed by atoms with Crippen LogP contribution >= 0.6 is 11.6 Å². The smallest absolute Gasteiger partial charge is 0.248 e. The number of halogens is 1. The first-order chi connectivity index (χ1) is 9.98. The van der Waals surface area contributed by atoms with Crippen molar-refractivity contribution in [2.75, 3.05) is 32.8 Å². The van der Waals surface area contributed by atoms with Gasteiger partial charge >= 0.3 is 0 Å². The van der Waals surface area contributed by atoms with Crippen molar-refractivity contribution in [1.29, 1.82) is 0 Å². The Kier molecular flexibility index (Phi) is 5.58. The van der Waals surface area contributed by atoms with E-state index in [1.165, 1.54) is 0 Å². The molecule has 1 fully saturated rings. The predicted octanol–water partition coefficient (Wildman–Crippen LogP) is 0.618. The molecule has 2 rings (SSSR count). The van der Waals surface area contributed by atoms with E-state index in [-0.39, 0.29) is 24.8 Å². The summed E-state index contributed by atoms with van der Waals surface area (Å²) in [4.78, 5) is 13.1. The summed E-state index contributed by atoms with van der Waals surface area (Å²) in [6, 6.07) is 6.81. The highest BCUT2D eigenvalue weighted by molar-refractivity contribution is 7.88. The molecule has 1 N–H and O–H groups in total. The number of carbonyl (C=O) groups excluding carboxylic acids is 1. The first-order valence-corrected chi connectivity index (χ1v) is 8.57. The van der Waals surface area contributed by atoms with E-state index < -0.39 is 10.0 Å². The Bertz CT molecular complexity index is 606. The number of nitrogens with zero attached hydrogens (tertiary/aromatic N) is 1. The van der Waals surface area contributed by atoms with Crippen LogP contribution in [0.5, 0.6) is 0 Å². The Morgan fingerprint density at radius 1 is 1.33 bits per heavy atom. The molecule has 1 aromatic rings. The molecule has 1 aliphatic rings. The quantitative estimate of drug-likeness (QED) is 0.828. The monoisotopic (exact) mass is 332 g/mol. The van der Waals surface area contributed by atoms with E-state index in [4.69, 9.17) is 16.3 Å². The van der Waals surface area contributed by atoms with Gasteiger partial charge in [-0.2, -0.15) is 0 Å². The van der Waals surface area contributed by atoms with E-state index in [1.807, 2.05) is 0 Å². The average molecular weight is 333 g/mol. The van der Waals surface area contributed by atoms with E-state index in [0.717, 1.165) is 0 Å². The van der Waals surface area contributed by atoms with Gasteiger partial charge in [0, 0.05) is 24.7 Å². The molecular formula is C13H17ClN2O4S. The fourth-order valence-electron chi connectivity index (χ4n) is 1.99. The molecule has 1 aromatic carbocycles. The van der Waals surface area contributed by atoms with Gasteiger partial charge in [0.2, 0.25) is 15.9 Å². The van der Waals surface area contributed by atoms with E-state index in [2.05, 4.69) is 4.72 Å². The highest BCUT2D eigenvalue weighted by Crippen LogP contribution is 2.17. The lowest BCUT2D eigenvalue weighted by molar-refractivity contribution is -0.142. The van der Waals surface area contributed by atoms with E-state index in [1.54, 1.807) is 29.2 Å². The number of hydrogen-bond acceptors (Lipinski definition) is 4. The summed E-state index contributed by atoms with van der Waals surface area (Å²) >= 11 is 5.95. The summed E-state index contributed by atoms with van der Waals surface area (Å²) in [5.74, 6) is -0.296. The fraction of sp³-hybridized carbons (Fsp3) is 0.462. The topological polar surface area (TPSA) is 75.7 Å². The van der Waals surface area contributed by atoms with Gasteiger partial charge in [-0.3, -0.25) is 4.79 Å². The van der Waals surface area contributed by atoms with Gasteiger partial charge in [-0.05, 0) is 11.6 Å². The van der Waals surface area contributed by atoms with Gasteiger partial charge in [0.15, 0.2) is 0 Å². The Morgan fingerprint density at radius 3 is 2.81 bits per heavy atom. The number of sulfonamides is 1. The number of amides is 1. The summed E-state index contributed by atoms with van der Waals surface area (Å²) in [7, 11) is -3.48. The van der Waals surface area contributed by atoms with E-state index in [0.29, 0.717) is 30.3 Å². The number of morpholine rings is 1. The molecule has 1 saturated heterocycles. The average Bonchev–Trinajstić information content (AvgIpc) is 2.43. The van der Waals surface area contributed by atoms with E-state index >= 15 is 0 Å². The SMILES string of the molecule is O=C1COCCN1CCNS(=O)(=O)Cc1ccccc1Cl. The summed E-state index contributed by atoms with van der Waals surface area (Å²) in [5.41, 5.74) is 0.550. The minimum Gasteiger partial charge on any atom is -0.370 e. The van der Waals surface area contributed by atoms with Crippen LogP contribution in [0.3, 0.4) is 0 Å². The van der Waals surface area contributed by atoms with Crippen molar-refractivity contribution in [3.63, 3.8) is 0 Å². The maximum atomic E-state index is 12.0. The van der Waals surface area contributed by atoms with Crippen molar-refractivity contribution in [2.45, 2.75) is 5.75 Å². The zero-order valence-corrected chi connectivity index (χ0v) is 13.0. The largest absolute Gasteiger partial charge is 0.370 e. The lowest BCUT2D eigenvalue weighted by Crippen LogP contribution is -2.45. The van der Waals surface area contributed by atoms with Crippen LogP contribution in [0.2, 0.25) is 5.02 Å². The minimum absolute atomic E-state index is 0.0619. The van der Waals surface area contributed by atoms with Crippen LogP contribution < -0.4 is 4.72 Å². The van der Waals surface area contributed by atoms with Crippen LogP contribution in [0, 0.1) is 0 Å². The molecule has 6 nitrogen and oxygen atoms in total. The highest BCUT2D eigenvalue weighted by atomic mass is 35.5. The molecule has 0 radical (unpaired) electrons. The third kappa shape index (κ3) is 4.96. The molecule has 0 saturated carbocycles. The van der Waals surface area contributed by atoms with Gasteiger partial charge in [-0.25, -0.2) is 13.1 Å². The maximum absolute atomic E-state index is 12.0. The van der Waals surface area contributed by atoms with Crippen molar-refractivity contribution in [3.05, 3.63) is 34.9 Å². The summed E-state index contributed by atoms with van der Waals surface area (Å²) < 4.78 is 31.4. The second-order valence-electron chi connectivity index (χ2n) is 4.68. The molecule has 116 valence electrons. The molecule has 0 spiro atoms. The fourth-order valence-corrected chi connectivity index (χ4v) is 3.44. The second kappa shape index (κ2) is 7.22. The first kappa shape index (κ1) is 16.2. The van der Waals surface area contributed by atoms with Crippen LogP contribution in [-0.4, -0.2) is 52.1 Å². The number of benzene rings is 1. The van der Waals surface area contributed by atoms with Crippen molar-refractivity contribution in [3.8, 4) is 0 Å². The molecule has 0 atom stereocenters. The Labute approximate surface area is 129 Å². The van der Waals surface area contributed by atoms with Gasteiger partial charge in [0.1, 0.15) is 6.61 Å². The maximum Gasteiger partial charge on any atom is 0.248 e. The van der Waals surface area contributed by atoms with Gasteiger partial charge in [0.25, 0.3) is 0 Å². The lowest BCUT2D eigenvalue weighted by Gasteiger charge is -2.26. The highest BCUT2D eigenvalue weighted by Gasteiger charge is 2.19. The Balaban J connectivity index is 1.84. The first-order valence-electron chi connectivity index (χ1n) is 6.54. The van der Waals surface area contributed by atoms with Crippen LogP contribution in [0.4, 0.5) is 0 Å². The molecule has 0 aliphatic carbocycles. The molecule has 1 amide bonds. The number of rotatable bonds is 6. The molecule has 1 aliphatic heterocycles. The summed E-state index contributed by atoms with van der Waals surface area (Å²) in [6.45, 7) is 1.55. The van der Waals surface area contributed by atoms with Gasteiger partial charge in [0.05, 0.1) is 12.4 Å². The predicted molar refractivity (Wildman–Crippen MR) is 79.5 cm³/mol. The van der Waals surface area contributed by atoms with Crippen LogP contribution in [0.25, 0.3) is 0 Å². The minimum atomic E-state index is -3.48. The van der Waals surface area contributed by atoms with Crippen molar-refractivity contribution in [1.82, 2.24) is 9.62 Å². The van der Waals surface area contributed by atoms with E-state index in [9.17, 15) is 13.2 Å². The number of ether oxygens (including phenoxy) is 1. The number of carbonyl (C=O) groups is 1. The zero-order valence-electron chi connectivity index (χ0n) is 11.4. The van der Waals surface area contributed by atoms with Crippen molar-refractivity contribution in [2.24, 2.45) is 0 Å². The Hall–Kier alpha value is -1.15. The van der Waals surface area contributed by atoms with Crippen LogP contribution in [0.1, 0.15) is 5.56 Å². The number of nitrogens with one attached hydrogen (secondary N) is 1. The second-order valence-corrected chi connectivity index (χ2v) is 6.89. The molecule has 0 bridgehead atoms. The molecular weight excluding hydrogens is 316 g/mol. The third-order valence-corrected chi connectivity index (χ3v) is 4.79. The molecule has 1 heterocycles. The molecule has 0 unspecified atom stereocenters. The van der Waals surface area contributed by atoms with Crippen LogP contribution in [-0.2, 0) is 25.3 Å². The van der Waals surface area contributed by atoms with Gasteiger partial charge in [-0.15, -0.1) is 0 Å². The third-order valence-electron chi connectivity index (χ3n) is 3.09. The molecule has 0 aromatic heterocycles. The summed E-state index contributed by atoms with van der Waals surface area (Å²) in [5, 5.41) is 0.422. The van der Waals surface area contributed by atoms with Crippen molar-refractivity contribution >= 4 is 27.5 Å². The van der Waals surface area contributed by atoms with Gasteiger partial charge in [-0.1, -0.05) is 29.8 Å². The standard InChI is InChI=1S/C13H17ClN2O4S/c14-12-4-2-1-3-11(12)10-21(18,19)15-5-6-16-7-8-20-9-13(16)17/h1-4,15H,5-10H2. The van der Waals surface area contributed by atoms with Crippen molar-refractivity contribution < 1.29 is 17.9 Å².